The summed E-state index contributed by atoms with van der Waals surface area (Å²) in [6, 6.07) is 5.64. The highest BCUT2D eigenvalue weighted by molar-refractivity contribution is 6.31. The van der Waals surface area contributed by atoms with Gasteiger partial charge in [-0.25, -0.2) is 0 Å². The Morgan fingerprint density at radius 3 is 2.32 bits per heavy atom. The van der Waals surface area contributed by atoms with Gasteiger partial charge in [0.05, 0.1) is 10.5 Å². The van der Waals surface area contributed by atoms with E-state index in [0.29, 0.717) is 11.1 Å². The summed E-state index contributed by atoms with van der Waals surface area (Å²) < 4.78 is 0. The highest BCUT2D eigenvalue weighted by Crippen LogP contribution is 2.39. The molecule has 0 aliphatic heterocycles. The number of nitrogens with zero attached hydrogens (tertiary/aromatic N) is 1. The lowest BCUT2D eigenvalue weighted by atomic mass is 9.80. The smallest absolute Gasteiger partial charge is 0.284 e. The van der Waals surface area contributed by atoms with Crippen molar-refractivity contribution in [1.29, 1.82) is 0 Å². The largest absolute Gasteiger partial charge is 0.507 e. The third kappa shape index (κ3) is 1.67. The fourth-order valence-electron chi connectivity index (χ4n) is 2.95. The van der Waals surface area contributed by atoms with Crippen molar-refractivity contribution >= 4 is 17.3 Å². The van der Waals surface area contributed by atoms with Gasteiger partial charge in [-0.15, -0.1) is 0 Å². The maximum atomic E-state index is 12.7. The molecule has 1 aliphatic carbocycles. The molecule has 0 spiro atoms. The quantitative estimate of drug-likeness (QED) is 0.550. The van der Waals surface area contributed by atoms with Gasteiger partial charge in [-0.2, -0.15) is 0 Å². The van der Waals surface area contributed by atoms with Crippen LogP contribution in [0.2, 0.25) is 0 Å². The van der Waals surface area contributed by atoms with Crippen molar-refractivity contribution in [2.45, 2.75) is 13.8 Å². The van der Waals surface area contributed by atoms with E-state index >= 15 is 0 Å². The average molecular weight is 297 g/mol. The zero-order valence-electron chi connectivity index (χ0n) is 11.8. The molecule has 0 heterocycles. The number of nitro benzene ring substituents is 1. The second-order valence-corrected chi connectivity index (χ2v) is 5.22. The van der Waals surface area contributed by atoms with Crippen LogP contribution in [0.5, 0.6) is 5.75 Å². The van der Waals surface area contributed by atoms with E-state index in [0.717, 1.165) is 0 Å². The Labute approximate surface area is 125 Å². The number of nitro groups is 1. The molecule has 2 aromatic rings. The number of carbonyl (C=O) groups excluding carboxylic acids is 2. The van der Waals surface area contributed by atoms with Crippen LogP contribution in [0.1, 0.15) is 43.0 Å². The third-order valence-electron chi connectivity index (χ3n) is 3.84. The van der Waals surface area contributed by atoms with Gasteiger partial charge in [0.1, 0.15) is 11.3 Å². The van der Waals surface area contributed by atoms with Gasteiger partial charge in [0.2, 0.25) is 5.78 Å². The molecule has 3 rings (SSSR count). The van der Waals surface area contributed by atoms with Crippen molar-refractivity contribution in [2.75, 3.05) is 0 Å². The molecule has 22 heavy (non-hydrogen) atoms. The van der Waals surface area contributed by atoms with Crippen LogP contribution in [0.15, 0.2) is 24.3 Å². The number of benzene rings is 2. The van der Waals surface area contributed by atoms with Crippen LogP contribution in [0.3, 0.4) is 0 Å². The number of hydrogen-bond acceptors (Lipinski definition) is 5. The Bertz CT molecular complexity index is 883. The number of aryl methyl sites for hydroxylation is 2. The number of aromatic hydroxyl groups is 1. The lowest BCUT2D eigenvalue weighted by molar-refractivity contribution is -0.385. The van der Waals surface area contributed by atoms with Crippen molar-refractivity contribution < 1.29 is 19.6 Å². The van der Waals surface area contributed by atoms with Crippen molar-refractivity contribution in [3.05, 3.63) is 67.8 Å². The molecule has 0 fully saturated rings. The van der Waals surface area contributed by atoms with Gasteiger partial charge in [-0.3, -0.25) is 19.7 Å². The number of carbonyl (C=O) groups is 2. The van der Waals surface area contributed by atoms with E-state index < -0.39 is 16.5 Å². The number of fused-ring (bicyclic) bond motifs is 2. The maximum Gasteiger partial charge on any atom is 0.284 e. The summed E-state index contributed by atoms with van der Waals surface area (Å²) in [5.41, 5.74) is 0.151. The molecule has 2 aromatic carbocycles. The number of rotatable bonds is 1. The predicted octanol–water partition coefficient (Wildman–Crippen LogP) is 2.69. The minimum absolute atomic E-state index is 0.00343. The van der Waals surface area contributed by atoms with E-state index in [1.165, 1.54) is 31.2 Å². The molecule has 0 atom stereocenters. The summed E-state index contributed by atoms with van der Waals surface area (Å²) in [5, 5.41) is 21.2. The fraction of sp³-hybridized carbons (Fsp3) is 0.125. The molecule has 6 heteroatoms. The number of phenols is 1. The van der Waals surface area contributed by atoms with Gasteiger partial charge >= 0.3 is 0 Å². The van der Waals surface area contributed by atoms with Crippen LogP contribution in [0.4, 0.5) is 5.69 Å². The van der Waals surface area contributed by atoms with E-state index in [4.69, 9.17) is 0 Å². The van der Waals surface area contributed by atoms with Crippen LogP contribution >= 0.6 is 0 Å². The topological polar surface area (TPSA) is 97.5 Å². The van der Waals surface area contributed by atoms with Gasteiger partial charge in [0.25, 0.3) is 5.69 Å². The first-order valence-electron chi connectivity index (χ1n) is 6.54. The molecular weight excluding hydrogens is 286 g/mol. The molecule has 0 amide bonds. The third-order valence-corrected chi connectivity index (χ3v) is 3.84. The Morgan fingerprint density at radius 2 is 1.68 bits per heavy atom. The highest BCUT2D eigenvalue weighted by Gasteiger charge is 2.39. The monoisotopic (exact) mass is 297 g/mol. The molecule has 0 radical (unpaired) electrons. The van der Waals surface area contributed by atoms with E-state index in [9.17, 15) is 24.8 Å². The molecule has 0 saturated carbocycles. The van der Waals surface area contributed by atoms with Gasteiger partial charge in [-0.1, -0.05) is 12.1 Å². The second-order valence-electron chi connectivity index (χ2n) is 5.22. The summed E-state index contributed by atoms with van der Waals surface area (Å²) in [6.07, 6.45) is 0. The first-order valence-corrected chi connectivity index (χ1v) is 6.54. The zero-order chi connectivity index (χ0) is 16.2. The lowest BCUT2D eigenvalue weighted by Gasteiger charge is -2.20. The molecule has 0 unspecified atom stereocenters. The molecule has 110 valence electrons. The van der Waals surface area contributed by atoms with Crippen LogP contribution in [-0.2, 0) is 0 Å². The molecule has 1 N–H and O–H groups in total. The lowest BCUT2D eigenvalue weighted by Crippen LogP contribution is -2.24. The predicted molar refractivity (Wildman–Crippen MR) is 77.5 cm³/mol. The Morgan fingerprint density at radius 1 is 1.00 bits per heavy atom. The highest BCUT2D eigenvalue weighted by atomic mass is 16.6. The number of ketones is 2. The zero-order valence-corrected chi connectivity index (χ0v) is 11.8. The summed E-state index contributed by atoms with van der Waals surface area (Å²) in [7, 11) is 0. The molecule has 0 aromatic heterocycles. The minimum atomic E-state index is -0.646. The van der Waals surface area contributed by atoms with Crippen molar-refractivity contribution in [2.24, 2.45) is 0 Å². The first kappa shape index (κ1) is 13.9. The van der Waals surface area contributed by atoms with Gasteiger partial charge in [-0.05, 0) is 31.5 Å². The van der Waals surface area contributed by atoms with Gasteiger partial charge in [0.15, 0.2) is 5.78 Å². The molecule has 6 nitrogen and oxygen atoms in total. The van der Waals surface area contributed by atoms with E-state index in [-0.39, 0.29) is 33.7 Å². The van der Waals surface area contributed by atoms with Crippen LogP contribution in [0.25, 0.3) is 0 Å². The molecule has 0 saturated heterocycles. The van der Waals surface area contributed by atoms with Crippen LogP contribution < -0.4 is 0 Å². The fourth-order valence-corrected chi connectivity index (χ4v) is 2.95. The number of hydrogen-bond donors (Lipinski definition) is 1. The van der Waals surface area contributed by atoms with E-state index in [2.05, 4.69) is 0 Å². The van der Waals surface area contributed by atoms with E-state index in [1.54, 1.807) is 6.92 Å². The first-order chi connectivity index (χ1) is 10.3. The average Bonchev–Trinajstić information content (AvgIpc) is 2.43. The van der Waals surface area contributed by atoms with Crippen molar-refractivity contribution in [1.82, 2.24) is 0 Å². The SMILES string of the molecule is Cc1cc(C)c([N+](=O)[O-])c2c1C(=O)c1c(O)cccc1C2=O. The Balaban J connectivity index is 2.47. The summed E-state index contributed by atoms with van der Waals surface area (Å²) >= 11 is 0. The Kier molecular flexibility index (Phi) is 2.84. The summed E-state index contributed by atoms with van der Waals surface area (Å²) in [6.45, 7) is 3.15. The van der Waals surface area contributed by atoms with Crippen molar-refractivity contribution in [3.8, 4) is 5.75 Å². The standard InChI is InChI=1S/C16H11NO5/c1-7-6-8(2)14(17(21)22)13-11(7)16(20)12-9(15(13)19)4-3-5-10(12)18/h3-6,18H,1-2H3. The normalized spacial score (nSPS) is 12.8. The van der Waals surface area contributed by atoms with Crippen LogP contribution in [-0.4, -0.2) is 21.6 Å². The Hall–Kier alpha value is -3.02. The molecule has 0 bridgehead atoms. The minimum Gasteiger partial charge on any atom is -0.507 e. The molecule has 1 aliphatic rings. The summed E-state index contributed by atoms with van der Waals surface area (Å²) in [4.78, 5) is 36.0. The van der Waals surface area contributed by atoms with Gasteiger partial charge in [0, 0.05) is 16.7 Å². The van der Waals surface area contributed by atoms with Crippen molar-refractivity contribution in [3.63, 3.8) is 0 Å². The van der Waals surface area contributed by atoms with Gasteiger partial charge < -0.3 is 5.11 Å². The summed E-state index contributed by atoms with van der Waals surface area (Å²) in [5.74, 6) is -1.48. The second kappa shape index (κ2) is 4.49. The molecular formula is C16H11NO5. The van der Waals surface area contributed by atoms with Crippen LogP contribution in [0, 0.1) is 24.0 Å². The number of phenolic OH excluding ortho intramolecular Hbond substituents is 1. The maximum absolute atomic E-state index is 12.7. The van der Waals surface area contributed by atoms with E-state index in [1.807, 2.05) is 0 Å².